The Labute approximate surface area is 247 Å². The fraction of sp³-hybridized carbons (Fsp3) is 0.594. The monoisotopic (exact) mass is 564 g/mol. The Balaban J connectivity index is 1.91. The van der Waals surface area contributed by atoms with Crippen molar-refractivity contribution in [3.8, 4) is 0 Å². The van der Waals surface area contributed by atoms with Crippen molar-refractivity contribution in [3.63, 3.8) is 0 Å². The normalized spacial score (nSPS) is 17.8. The molecule has 0 amide bonds. The van der Waals surface area contributed by atoms with Gasteiger partial charge in [0.05, 0.1) is 17.7 Å². The maximum atomic E-state index is 9.96. The summed E-state index contributed by atoms with van der Waals surface area (Å²) in [6.45, 7) is 19.5. The van der Waals surface area contributed by atoms with Gasteiger partial charge in [0.15, 0.2) is 5.82 Å². The highest BCUT2D eigenvalue weighted by molar-refractivity contribution is 5.62. The van der Waals surface area contributed by atoms with Crippen LogP contribution in [0, 0.1) is 0 Å². The lowest BCUT2D eigenvalue weighted by Gasteiger charge is -2.31. The number of anilines is 4. The molecule has 0 radical (unpaired) electrons. The van der Waals surface area contributed by atoms with E-state index >= 15 is 0 Å². The Morgan fingerprint density at radius 2 is 1.56 bits per heavy atom. The fourth-order valence-electron chi connectivity index (χ4n) is 4.32. The van der Waals surface area contributed by atoms with E-state index in [1.165, 1.54) is 5.70 Å². The highest BCUT2D eigenvalue weighted by atomic mass is 16.3. The van der Waals surface area contributed by atoms with Crippen molar-refractivity contribution < 1.29 is 5.11 Å². The van der Waals surface area contributed by atoms with Crippen LogP contribution in [0.3, 0.4) is 0 Å². The van der Waals surface area contributed by atoms with Crippen LogP contribution in [0.4, 0.5) is 23.3 Å². The molecule has 0 bridgehead atoms. The van der Waals surface area contributed by atoms with Crippen LogP contribution in [0.1, 0.15) is 93.8 Å². The predicted octanol–water partition coefficient (Wildman–Crippen LogP) is 6.21. The zero-order valence-corrected chi connectivity index (χ0v) is 26.5. The van der Waals surface area contributed by atoms with Crippen molar-refractivity contribution >= 4 is 23.3 Å². The minimum atomic E-state index is -0.554. The third kappa shape index (κ3) is 9.71. The molecule has 3 atom stereocenters. The molecule has 3 rings (SSSR count). The maximum absolute atomic E-state index is 9.96. The summed E-state index contributed by atoms with van der Waals surface area (Å²) in [6.07, 6.45) is 9.43. The van der Waals surface area contributed by atoms with E-state index in [0.717, 1.165) is 37.1 Å². The molecule has 41 heavy (non-hydrogen) atoms. The van der Waals surface area contributed by atoms with Crippen LogP contribution in [-0.4, -0.2) is 49.8 Å². The minimum Gasteiger partial charge on any atom is -0.392 e. The van der Waals surface area contributed by atoms with Gasteiger partial charge in [-0.2, -0.15) is 15.0 Å². The lowest BCUT2D eigenvalue weighted by molar-refractivity contribution is 0.170. The van der Waals surface area contributed by atoms with E-state index in [9.17, 15) is 5.11 Å². The van der Waals surface area contributed by atoms with E-state index < -0.39 is 11.6 Å². The number of allylic oxidation sites excluding steroid dienone is 2. The lowest BCUT2D eigenvalue weighted by Crippen LogP contribution is -2.44. The van der Waals surface area contributed by atoms with Gasteiger partial charge in [-0.25, -0.2) is 0 Å². The molecule has 0 saturated heterocycles. The molecule has 3 unspecified atom stereocenters. The zero-order valence-electron chi connectivity index (χ0n) is 26.5. The van der Waals surface area contributed by atoms with Crippen LogP contribution in [0.5, 0.6) is 0 Å². The van der Waals surface area contributed by atoms with Crippen LogP contribution in [0.25, 0.3) is 0 Å². The van der Waals surface area contributed by atoms with Gasteiger partial charge in [-0.05, 0) is 85.1 Å². The second-order valence-electron chi connectivity index (χ2n) is 12.7. The smallest absolute Gasteiger partial charge is 0.232 e. The van der Waals surface area contributed by atoms with E-state index in [1.807, 2.05) is 12.1 Å². The maximum Gasteiger partial charge on any atom is 0.232 e. The van der Waals surface area contributed by atoms with Gasteiger partial charge in [0, 0.05) is 41.1 Å². The van der Waals surface area contributed by atoms with Crippen molar-refractivity contribution in [3.05, 3.63) is 54.0 Å². The molecule has 226 valence electrons. The lowest BCUT2D eigenvalue weighted by atomic mass is 9.97. The number of nitrogens with one attached hydrogen (secondary N) is 5. The van der Waals surface area contributed by atoms with Crippen LogP contribution < -0.4 is 26.6 Å². The Hall–Kier alpha value is -3.17. The van der Waals surface area contributed by atoms with Gasteiger partial charge in [-0.1, -0.05) is 39.0 Å². The molecule has 0 spiro atoms. The summed E-state index contributed by atoms with van der Waals surface area (Å²) in [7, 11) is 0. The Morgan fingerprint density at radius 1 is 0.902 bits per heavy atom. The van der Waals surface area contributed by atoms with E-state index in [1.54, 1.807) is 6.92 Å². The molecule has 1 aromatic heterocycles. The summed E-state index contributed by atoms with van der Waals surface area (Å²) in [6, 6.07) is 8.19. The van der Waals surface area contributed by atoms with Crippen LogP contribution in [-0.2, 0) is 5.54 Å². The standard InChI is InChI=1S/C32H52N8O/c1-10-30(5,6)39-25-17-13-15-23(19-25)34-28-36-27(32(9,12-3)33-21-22(4)41)37-29(38-28)35-24-16-14-18-26(20-24)40-31(7,8)11-2/h13-19,22,24,33,39-41H,10-12,20-21H2,1-9H3,(H2,34,35,36,37,38). The van der Waals surface area contributed by atoms with E-state index in [0.29, 0.717) is 24.3 Å². The number of nitrogens with zero attached hydrogens (tertiary/aromatic N) is 3. The quantitative estimate of drug-likeness (QED) is 0.150. The van der Waals surface area contributed by atoms with Gasteiger partial charge in [0.1, 0.15) is 0 Å². The van der Waals surface area contributed by atoms with Crippen LogP contribution >= 0.6 is 0 Å². The Bertz CT molecular complexity index is 1210. The fourth-order valence-corrected chi connectivity index (χ4v) is 4.32. The van der Waals surface area contributed by atoms with Crippen molar-refractivity contribution in [2.45, 2.75) is 117 Å². The average Bonchev–Trinajstić information content (AvgIpc) is 2.91. The highest BCUT2D eigenvalue weighted by Gasteiger charge is 2.30. The summed E-state index contributed by atoms with van der Waals surface area (Å²) in [5, 5.41) is 27.6. The van der Waals surface area contributed by atoms with Gasteiger partial charge in [-0.15, -0.1) is 0 Å². The molecule has 9 heteroatoms. The molecule has 1 aliphatic carbocycles. The van der Waals surface area contributed by atoms with Gasteiger partial charge in [-0.3, -0.25) is 0 Å². The number of aromatic nitrogens is 3. The SMILES string of the molecule is CCC(C)(C)NC1=CC=CC(Nc2nc(Nc3cccc(NC(C)(C)CC)c3)nc(C(C)(CC)NCC(C)O)n2)C1. The van der Waals surface area contributed by atoms with Crippen molar-refractivity contribution in [2.24, 2.45) is 0 Å². The van der Waals surface area contributed by atoms with Gasteiger partial charge in [0.2, 0.25) is 11.9 Å². The summed E-state index contributed by atoms with van der Waals surface area (Å²) < 4.78 is 0. The zero-order chi connectivity index (χ0) is 30.3. The summed E-state index contributed by atoms with van der Waals surface area (Å²) in [5.74, 6) is 1.58. The Morgan fingerprint density at radius 3 is 2.22 bits per heavy atom. The molecular weight excluding hydrogens is 512 g/mol. The molecule has 0 aliphatic heterocycles. The molecular formula is C32H52N8O. The van der Waals surface area contributed by atoms with E-state index in [4.69, 9.17) is 15.0 Å². The molecule has 6 N–H and O–H groups in total. The molecule has 1 aliphatic rings. The van der Waals surface area contributed by atoms with Crippen molar-refractivity contribution in [2.75, 3.05) is 22.5 Å². The topological polar surface area (TPSA) is 119 Å². The van der Waals surface area contributed by atoms with Crippen molar-refractivity contribution in [1.82, 2.24) is 25.6 Å². The van der Waals surface area contributed by atoms with Gasteiger partial charge < -0.3 is 31.7 Å². The van der Waals surface area contributed by atoms with Gasteiger partial charge >= 0.3 is 0 Å². The summed E-state index contributed by atoms with van der Waals surface area (Å²) >= 11 is 0. The first-order valence-electron chi connectivity index (χ1n) is 15.0. The minimum absolute atomic E-state index is 0.0173. The molecule has 0 fully saturated rings. The van der Waals surface area contributed by atoms with Crippen LogP contribution in [0.2, 0.25) is 0 Å². The van der Waals surface area contributed by atoms with E-state index in [-0.39, 0.29) is 17.1 Å². The second-order valence-corrected chi connectivity index (χ2v) is 12.7. The first kappa shape index (κ1) is 32.3. The number of aliphatic hydroxyl groups excluding tert-OH is 1. The summed E-state index contributed by atoms with van der Waals surface area (Å²) in [4.78, 5) is 14.5. The molecule has 0 saturated carbocycles. The first-order chi connectivity index (χ1) is 19.3. The first-order valence-corrected chi connectivity index (χ1v) is 15.0. The van der Waals surface area contributed by atoms with Gasteiger partial charge in [0.25, 0.3) is 0 Å². The average molecular weight is 565 g/mol. The van der Waals surface area contributed by atoms with Crippen molar-refractivity contribution in [1.29, 1.82) is 0 Å². The third-order valence-corrected chi connectivity index (χ3v) is 7.89. The Kier molecular flexibility index (Phi) is 10.8. The molecule has 2 aromatic rings. The number of benzene rings is 1. The molecule has 1 heterocycles. The van der Waals surface area contributed by atoms with E-state index in [2.05, 4.69) is 112 Å². The number of aliphatic hydroxyl groups is 1. The number of rotatable bonds is 15. The summed E-state index contributed by atoms with van der Waals surface area (Å²) in [5.41, 5.74) is 2.54. The highest BCUT2D eigenvalue weighted by Crippen LogP contribution is 2.27. The van der Waals surface area contributed by atoms with Crippen LogP contribution in [0.15, 0.2) is 48.2 Å². The molecule has 9 nitrogen and oxygen atoms in total. The predicted molar refractivity (Wildman–Crippen MR) is 172 cm³/mol. The molecule has 1 aromatic carbocycles. The number of hydrogen-bond acceptors (Lipinski definition) is 9. The second kappa shape index (κ2) is 13.7. The third-order valence-electron chi connectivity index (χ3n) is 7.89. The largest absolute Gasteiger partial charge is 0.392 e. The number of hydrogen-bond donors (Lipinski definition) is 6.